The molecule has 4 rings (SSSR count). The molecule has 27 heavy (non-hydrogen) atoms. The van der Waals surface area contributed by atoms with Gasteiger partial charge in [-0.15, -0.1) is 0 Å². The molecule has 0 aliphatic carbocycles. The number of halogens is 1. The highest BCUT2D eigenvalue weighted by molar-refractivity contribution is 6.05. The highest BCUT2D eigenvalue weighted by atomic mass is 19.1. The van der Waals surface area contributed by atoms with Crippen molar-refractivity contribution in [2.75, 3.05) is 11.4 Å². The fraction of sp³-hybridized carbons (Fsp3) is 0.190. The van der Waals surface area contributed by atoms with E-state index in [1.165, 1.54) is 16.8 Å². The number of para-hydroxylation sites is 2. The van der Waals surface area contributed by atoms with Crippen LogP contribution in [0.2, 0.25) is 0 Å². The van der Waals surface area contributed by atoms with Gasteiger partial charge in [0.1, 0.15) is 11.5 Å². The second kappa shape index (κ2) is 6.79. The van der Waals surface area contributed by atoms with Crippen molar-refractivity contribution in [3.8, 4) is 5.69 Å². The van der Waals surface area contributed by atoms with Crippen molar-refractivity contribution in [1.29, 1.82) is 0 Å². The Kier molecular flexibility index (Phi) is 4.32. The predicted molar refractivity (Wildman–Crippen MR) is 101 cm³/mol. The van der Waals surface area contributed by atoms with Crippen LogP contribution in [0.3, 0.4) is 0 Å². The smallest absolute Gasteiger partial charge is 0.282 e. The van der Waals surface area contributed by atoms with Gasteiger partial charge < -0.3 is 4.90 Å². The van der Waals surface area contributed by atoms with E-state index >= 15 is 0 Å². The number of carbonyl (C=O) groups excluding carboxylic acids is 1. The minimum atomic E-state index is -0.474. The number of hydrogen-bond donors (Lipinski definition) is 0. The molecular formula is C21H18FN3O2. The van der Waals surface area contributed by atoms with Gasteiger partial charge in [0.2, 0.25) is 5.43 Å². The summed E-state index contributed by atoms with van der Waals surface area (Å²) in [4.78, 5) is 27.2. The molecule has 1 aromatic heterocycles. The van der Waals surface area contributed by atoms with Crippen LogP contribution in [0.25, 0.3) is 5.69 Å². The third-order valence-corrected chi connectivity index (χ3v) is 4.75. The van der Waals surface area contributed by atoms with E-state index < -0.39 is 17.2 Å². The lowest BCUT2D eigenvalue weighted by Gasteiger charge is -2.29. The summed E-state index contributed by atoms with van der Waals surface area (Å²) in [6, 6.07) is 15.1. The lowest BCUT2D eigenvalue weighted by molar-refractivity contribution is 0.0977. The molecular weight excluding hydrogens is 345 g/mol. The van der Waals surface area contributed by atoms with E-state index in [1.807, 2.05) is 24.3 Å². The highest BCUT2D eigenvalue weighted by Crippen LogP contribution is 2.27. The van der Waals surface area contributed by atoms with E-state index in [9.17, 15) is 14.0 Å². The van der Waals surface area contributed by atoms with Crippen molar-refractivity contribution >= 4 is 11.6 Å². The average molecular weight is 363 g/mol. The third-order valence-electron chi connectivity index (χ3n) is 4.75. The Morgan fingerprint density at radius 1 is 1.07 bits per heavy atom. The van der Waals surface area contributed by atoms with Crippen molar-refractivity contribution in [2.24, 2.45) is 0 Å². The topological polar surface area (TPSA) is 55.2 Å². The number of rotatable bonds is 2. The predicted octanol–water partition coefficient (Wildman–Crippen LogP) is 3.27. The van der Waals surface area contributed by atoms with Crippen molar-refractivity contribution in [3.63, 3.8) is 0 Å². The van der Waals surface area contributed by atoms with Crippen LogP contribution < -0.4 is 10.3 Å². The maximum absolute atomic E-state index is 14.2. The Morgan fingerprint density at radius 2 is 1.78 bits per heavy atom. The molecule has 0 spiro atoms. The SMILES string of the molecule is Cc1cc(=O)c(C(=O)N2CCCc3ccccc32)nn1-c1ccccc1F. The first kappa shape index (κ1) is 17.1. The number of benzene rings is 2. The van der Waals surface area contributed by atoms with Crippen LogP contribution >= 0.6 is 0 Å². The largest absolute Gasteiger partial charge is 0.307 e. The standard InChI is InChI=1S/C21H18FN3O2/c1-14-13-19(26)20(23-25(14)18-11-5-3-9-16(18)22)21(27)24-12-6-8-15-7-2-4-10-17(15)24/h2-5,7,9-11,13H,6,8,12H2,1H3. The molecule has 0 fully saturated rings. The second-order valence-electron chi connectivity index (χ2n) is 6.55. The van der Waals surface area contributed by atoms with Crippen molar-refractivity contribution in [2.45, 2.75) is 19.8 Å². The summed E-state index contributed by atoms with van der Waals surface area (Å²) in [6.45, 7) is 2.18. The minimum absolute atomic E-state index is 0.197. The Morgan fingerprint density at radius 3 is 2.56 bits per heavy atom. The molecule has 0 N–H and O–H groups in total. The maximum atomic E-state index is 14.2. The normalized spacial score (nSPS) is 13.3. The number of carbonyl (C=O) groups is 1. The van der Waals surface area contributed by atoms with E-state index in [2.05, 4.69) is 5.10 Å². The van der Waals surface area contributed by atoms with Gasteiger partial charge in [-0.3, -0.25) is 9.59 Å². The summed E-state index contributed by atoms with van der Waals surface area (Å²) >= 11 is 0. The summed E-state index contributed by atoms with van der Waals surface area (Å²) in [5.74, 6) is -0.935. The molecule has 0 saturated heterocycles. The number of aromatic nitrogens is 2. The molecule has 0 atom stereocenters. The maximum Gasteiger partial charge on any atom is 0.282 e. The molecule has 3 aromatic rings. The third kappa shape index (κ3) is 3.03. The number of fused-ring (bicyclic) bond motifs is 1. The van der Waals surface area contributed by atoms with Crippen LogP contribution in [0.15, 0.2) is 59.4 Å². The van der Waals surface area contributed by atoms with Crippen LogP contribution in [0, 0.1) is 12.7 Å². The summed E-state index contributed by atoms with van der Waals surface area (Å²) in [5, 5.41) is 4.22. The summed E-state index contributed by atoms with van der Waals surface area (Å²) in [5.41, 5.74) is 1.85. The van der Waals surface area contributed by atoms with Gasteiger partial charge in [-0.1, -0.05) is 30.3 Å². The van der Waals surface area contributed by atoms with Crippen LogP contribution in [-0.4, -0.2) is 22.2 Å². The quantitative estimate of drug-likeness (QED) is 0.702. The first-order valence-electron chi connectivity index (χ1n) is 8.82. The second-order valence-corrected chi connectivity index (χ2v) is 6.55. The number of anilines is 1. The Balaban J connectivity index is 1.81. The molecule has 2 heterocycles. The molecule has 1 amide bonds. The number of hydrogen-bond acceptors (Lipinski definition) is 3. The number of amides is 1. The number of aryl methyl sites for hydroxylation is 2. The van der Waals surface area contributed by atoms with Gasteiger partial charge in [-0.25, -0.2) is 9.07 Å². The first-order valence-corrected chi connectivity index (χ1v) is 8.82. The molecule has 1 aliphatic heterocycles. The Bertz CT molecular complexity index is 1090. The van der Waals surface area contributed by atoms with Crippen molar-refractivity contribution in [3.05, 3.63) is 87.6 Å². The lowest BCUT2D eigenvalue weighted by atomic mass is 10.0. The summed E-state index contributed by atoms with van der Waals surface area (Å²) in [7, 11) is 0. The monoisotopic (exact) mass is 363 g/mol. The fourth-order valence-corrected chi connectivity index (χ4v) is 3.44. The molecule has 0 radical (unpaired) electrons. The lowest BCUT2D eigenvalue weighted by Crippen LogP contribution is -2.39. The first-order chi connectivity index (χ1) is 13.1. The van der Waals surface area contributed by atoms with Gasteiger partial charge in [0.05, 0.1) is 0 Å². The molecule has 1 aliphatic rings. The molecule has 0 saturated carbocycles. The van der Waals surface area contributed by atoms with E-state index in [4.69, 9.17) is 0 Å². The van der Waals surface area contributed by atoms with Gasteiger partial charge in [0.25, 0.3) is 5.91 Å². The number of nitrogens with zero attached hydrogens (tertiary/aromatic N) is 3. The summed E-state index contributed by atoms with van der Waals surface area (Å²) in [6.07, 6.45) is 1.71. The fourth-order valence-electron chi connectivity index (χ4n) is 3.44. The molecule has 0 unspecified atom stereocenters. The van der Waals surface area contributed by atoms with Crippen LogP contribution in [0.1, 0.15) is 28.2 Å². The van der Waals surface area contributed by atoms with Gasteiger partial charge in [0.15, 0.2) is 5.69 Å². The van der Waals surface area contributed by atoms with Crippen molar-refractivity contribution in [1.82, 2.24) is 9.78 Å². The molecule has 2 aromatic carbocycles. The average Bonchev–Trinajstić information content (AvgIpc) is 2.68. The highest BCUT2D eigenvalue weighted by Gasteiger charge is 2.27. The zero-order chi connectivity index (χ0) is 19.0. The van der Waals surface area contributed by atoms with E-state index in [0.717, 1.165) is 24.1 Å². The van der Waals surface area contributed by atoms with Crippen LogP contribution in [-0.2, 0) is 6.42 Å². The molecule has 136 valence electrons. The van der Waals surface area contributed by atoms with Gasteiger partial charge >= 0.3 is 0 Å². The minimum Gasteiger partial charge on any atom is -0.307 e. The van der Waals surface area contributed by atoms with E-state index in [0.29, 0.717) is 12.2 Å². The Labute approximate surface area is 155 Å². The van der Waals surface area contributed by atoms with Gasteiger partial charge in [0, 0.05) is 24.0 Å². The zero-order valence-corrected chi connectivity index (χ0v) is 14.9. The van der Waals surface area contributed by atoms with Gasteiger partial charge in [-0.2, -0.15) is 5.10 Å². The molecule has 0 bridgehead atoms. The zero-order valence-electron chi connectivity index (χ0n) is 14.9. The molecule has 5 nitrogen and oxygen atoms in total. The van der Waals surface area contributed by atoms with E-state index in [1.54, 1.807) is 30.0 Å². The van der Waals surface area contributed by atoms with Crippen LogP contribution in [0.5, 0.6) is 0 Å². The summed E-state index contributed by atoms with van der Waals surface area (Å²) < 4.78 is 15.5. The molecule has 6 heteroatoms. The van der Waals surface area contributed by atoms with Crippen molar-refractivity contribution < 1.29 is 9.18 Å². The Hall–Kier alpha value is -3.28. The van der Waals surface area contributed by atoms with E-state index in [-0.39, 0.29) is 11.4 Å². The van der Waals surface area contributed by atoms with Crippen LogP contribution in [0.4, 0.5) is 10.1 Å². The van der Waals surface area contributed by atoms with Gasteiger partial charge in [-0.05, 0) is 43.5 Å².